The Kier molecular flexibility index (Phi) is 5.57. The molecule has 1 fully saturated rings. The lowest BCUT2D eigenvalue weighted by Gasteiger charge is -2.36. The molecule has 0 spiro atoms. The van der Waals surface area contributed by atoms with E-state index in [9.17, 15) is 13.6 Å². The van der Waals surface area contributed by atoms with E-state index < -0.39 is 17.9 Å². The summed E-state index contributed by atoms with van der Waals surface area (Å²) >= 11 is 0. The van der Waals surface area contributed by atoms with Crippen LogP contribution < -0.4 is 5.32 Å². The minimum absolute atomic E-state index is 0.0238. The van der Waals surface area contributed by atoms with Crippen LogP contribution in [0, 0.1) is 5.82 Å². The van der Waals surface area contributed by atoms with Crippen LogP contribution in [0.3, 0.4) is 0 Å². The first-order valence-electron chi connectivity index (χ1n) is 7.84. The van der Waals surface area contributed by atoms with E-state index in [-0.39, 0.29) is 18.4 Å². The molecule has 1 aliphatic rings. The van der Waals surface area contributed by atoms with Crippen LogP contribution in [0.4, 0.5) is 13.6 Å². The lowest BCUT2D eigenvalue weighted by Crippen LogP contribution is -2.53. The summed E-state index contributed by atoms with van der Waals surface area (Å²) in [5.74, 6) is -0.289. The summed E-state index contributed by atoms with van der Waals surface area (Å²) in [5.41, 5.74) is 0.314. The highest BCUT2D eigenvalue weighted by molar-refractivity contribution is 5.68. The van der Waals surface area contributed by atoms with E-state index in [0.717, 1.165) is 5.56 Å². The lowest BCUT2D eigenvalue weighted by atomic mass is 10.0. The SMILES string of the molecule is CC(C)(C)OC(=O)N1CC[C@@H](NCc2ccc(F)cc2)[C@H](F)C1. The fourth-order valence-corrected chi connectivity index (χ4v) is 2.48. The van der Waals surface area contributed by atoms with Gasteiger partial charge in [-0.05, 0) is 44.9 Å². The molecular formula is C17H24F2N2O2. The highest BCUT2D eigenvalue weighted by atomic mass is 19.1. The number of nitrogens with zero attached hydrogens (tertiary/aromatic N) is 1. The molecule has 1 N–H and O–H groups in total. The normalized spacial score (nSPS) is 22.0. The van der Waals surface area contributed by atoms with E-state index in [1.165, 1.54) is 17.0 Å². The van der Waals surface area contributed by atoms with Gasteiger partial charge in [0.1, 0.15) is 17.6 Å². The number of ether oxygens (including phenoxy) is 1. The third-order valence-electron chi connectivity index (χ3n) is 3.67. The first-order chi connectivity index (χ1) is 10.7. The van der Waals surface area contributed by atoms with E-state index in [4.69, 9.17) is 4.74 Å². The quantitative estimate of drug-likeness (QED) is 0.927. The Hall–Kier alpha value is -1.69. The van der Waals surface area contributed by atoms with Crippen molar-refractivity contribution in [3.8, 4) is 0 Å². The van der Waals surface area contributed by atoms with Crippen LogP contribution in [-0.4, -0.2) is 41.9 Å². The smallest absolute Gasteiger partial charge is 0.410 e. The molecule has 2 rings (SSSR count). The number of carbonyl (C=O) groups is 1. The number of hydrogen-bond acceptors (Lipinski definition) is 3. The topological polar surface area (TPSA) is 41.6 Å². The molecule has 0 unspecified atom stereocenters. The molecule has 1 saturated heterocycles. The standard InChI is InChI=1S/C17H24F2N2O2/c1-17(2,3)23-16(22)21-9-8-15(14(19)11-21)20-10-12-4-6-13(18)7-5-12/h4-7,14-15,20H,8-11H2,1-3H3/t14-,15-/m1/s1. The molecule has 1 aliphatic heterocycles. The number of carbonyl (C=O) groups excluding carboxylic acids is 1. The monoisotopic (exact) mass is 326 g/mol. The Morgan fingerprint density at radius 3 is 2.57 bits per heavy atom. The van der Waals surface area contributed by atoms with Gasteiger partial charge in [0, 0.05) is 19.1 Å². The summed E-state index contributed by atoms with van der Waals surface area (Å²) in [6.07, 6.45) is -1.12. The maximum absolute atomic E-state index is 14.3. The third kappa shape index (κ3) is 5.46. The number of amides is 1. The van der Waals surface area contributed by atoms with E-state index in [1.807, 2.05) is 0 Å². The Bertz CT molecular complexity index is 528. The van der Waals surface area contributed by atoms with Crippen molar-refractivity contribution in [3.63, 3.8) is 0 Å². The maximum atomic E-state index is 14.3. The zero-order chi connectivity index (χ0) is 17.0. The fourth-order valence-electron chi connectivity index (χ4n) is 2.48. The molecule has 1 heterocycles. The van der Waals surface area contributed by atoms with Crippen LogP contribution >= 0.6 is 0 Å². The van der Waals surface area contributed by atoms with Crippen LogP contribution in [0.15, 0.2) is 24.3 Å². The van der Waals surface area contributed by atoms with Crippen molar-refractivity contribution >= 4 is 6.09 Å². The van der Waals surface area contributed by atoms with Crippen molar-refractivity contribution in [2.45, 2.75) is 51.6 Å². The molecule has 1 amide bonds. The largest absolute Gasteiger partial charge is 0.444 e. The van der Waals surface area contributed by atoms with E-state index in [1.54, 1.807) is 32.9 Å². The van der Waals surface area contributed by atoms with Gasteiger partial charge in [0.2, 0.25) is 0 Å². The number of nitrogens with one attached hydrogen (secondary N) is 1. The number of piperidine rings is 1. The second-order valence-electron chi connectivity index (χ2n) is 6.84. The number of halogens is 2. The van der Waals surface area contributed by atoms with Crippen molar-refractivity contribution in [1.29, 1.82) is 0 Å². The van der Waals surface area contributed by atoms with Crippen LogP contribution in [0.25, 0.3) is 0 Å². The Labute approximate surface area is 135 Å². The van der Waals surface area contributed by atoms with Gasteiger partial charge < -0.3 is 15.0 Å². The first kappa shape index (κ1) is 17.7. The molecular weight excluding hydrogens is 302 g/mol. The summed E-state index contributed by atoms with van der Waals surface area (Å²) < 4.78 is 32.4. The van der Waals surface area contributed by atoms with E-state index in [2.05, 4.69) is 5.32 Å². The van der Waals surface area contributed by atoms with Crippen LogP contribution in [0.2, 0.25) is 0 Å². The Balaban J connectivity index is 1.82. The number of hydrogen-bond donors (Lipinski definition) is 1. The van der Waals surface area contributed by atoms with Crippen LogP contribution in [0.5, 0.6) is 0 Å². The van der Waals surface area contributed by atoms with Gasteiger partial charge in [0.05, 0.1) is 6.54 Å². The molecule has 0 radical (unpaired) electrons. The van der Waals surface area contributed by atoms with E-state index >= 15 is 0 Å². The minimum atomic E-state index is -1.16. The zero-order valence-electron chi connectivity index (χ0n) is 13.8. The van der Waals surface area contributed by atoms with Crippen LogP contribution in [-0.2, 0) is 11.3 Å². The minimum Gasteiger partial charge on any atom is -0.444 e. The lowest BCUT2D eigenvalue weighted by molar-refractivity contribution is 0.00934. The summed E-state index contributed by atoms with van der Waals surface area (Å²) in [7, 11) is 0. The predicted molar refractivity (Wildman–Crippen MR) is 84.3 cm³/mol. The fraction of sp³-hybridized carbons (Fsp3) is 0.588. The summed E-state index contributed by atoms with van der Waals surface area (Å²) in [6, 6.07) is 5.79. The predicted octanol–water partition coefficient (Wildman–Crippen LogP) is 3.26. The summed E-state index contributed by atoms with van der Waals surface area (Å²) in [6.45, 7) is 6.31. The molecule has 4 nitrogen and oxygen atoms in total. The number of rotatable bonds is 3. The second kappa shape index (κ2) is 7.25. The third-order valence-corrected chi connectivity index (χ3v) is 3.67. The van der Waals surface area contributed by atoms with Crippen LogP contribution in [0.1, 0.15) is 32.8 Å². The maximum Gasteiger partial charge on any atom is 0.410 e. The van der Waals surface area contributed by atoms with E-state index in [0.29, 0.717) is 19.5 Å². The Morgan fingerprint density at radius 2 is 2.00 bits per heavy atom. The van der Waals surface area contributed by atoms with Gasteiger partial charge >= 0.3 is 6.09 Å². The molecule has 6 heteroatoms. The van der Waals surface area contributed by atoms with Gasteiger partial charge in [-0.1, -0.05) is 12.1 Å². The van der Waals surface area contributed by atoms with Crippen molar-refractivity contribution in [2.75, 3.05) is 13.1 Å². The van der Waals surface area contributed by atoms with Crippen molar-refractivity contribution in [3.05, 3.63) is 35.6 Å². The molecule has 23 heavy (non-hydrogen) atoms. The number of likely N-dealkylation sites (tertiary alicyclic amines) is 1. The van der Waals surface area contributed by atoms with Crippen molar-refractivity contribution in [1.82, 2.24) is 10.2 Å². The summed E-state index contributed by atoms with van der Waals surface area (Å²) in [5, 5.41) is 3.14. The molecule has 1 aromatic carbocycles. The number of benzene rings is 1. The highest BCUT2D eigenvalue weighted by Crippen LogP contribution is 2.18. The molecule has 2 atom stereocenters. The molecule has 0 aliphatic carbocycles. The molecule has 0 bridgehead atoms. The Morgan fingerprint density at radius 1 is 1.35 bits per heavy atom. The van der Waals surface area contributed by atoms with Gasteiger partial charge in [-0.3, -0.25) is 0 Å². The van der Waals surface area contributed by atoms with Gasteiger partial charge in [-0.15, -0.1) is 0 Å². The average molecular weight is 326 g/mol. The van der Waals surface area contributed by atoms with Crippen molar-refractivity contribution in [2.24, 2.45) is 0 Å². The molecule has 128 valence electrons. The second-order valence-corrected chi connectivity index (χ2v) is 6.84. The summed E-state index contributed by atoms with van der Waals surface area (Å²) in [4.78, 5) is 13.4. The van der Waals surface area contributed by atoms with Gasteiger partial charge in [-0.25, -0.2) is 13.6 Å². The number of alkyl halides is 1. The average Bonchev–Trinajstić information content (AvgIpc) is 2.46. The zero-order valence-corrected chi connectivity index (χ0v) is 13.8. The van der Waals surface area contributed by atoms with Crippen molar-refractivity contribution < 1.29 is 18.3 Å². The van der Waals surface area contributed by atoms with Gasteiger partial charge in [-0.2, -0.15) is 0 Å². The first-order valence-corrected chi connectivity index (χ1v) is 7.84. The highest BCUT2D eigenvalue weighted by Gasteiger charge is 2.33. The molecule has 0 aromatic heterocycles. The molecule has 0 saturated carbocycles. The molecule has 1 aromatic rings. The van der Waals surface area contributed by atoms with Gasteiger partial charge in [0.15, 0.2) is 0 Å². The van der Waals surface area contributed by atoms with Gasteiger partial charge in [0.25, 0.3) is 0 Å².